The monoisotopic (exact) mass is 200 g/mol. The van der Waals surface area contributed by atoms with Crippen molar-refractivity contribution in [2.45, 2.75) is 13.3 Å². The molecule has 0 aliphatic carbocycles. The number of hydrogen-bond acceptors (Lipinski definition) is 2. The van der Waals surface area contributed by atoms with Crippen LogP contribution in [-0.4, -0.2) is 4.51 Å². The molecule has 0 bridgehead atoms. The topological polar surface area (TPSA) is 9.23 Å². The molecule has 1 aromatic carbocycles. The van der Waals surface area contributed by atoms with Crippen molar-refractivity contribution in [3.05, 3.63) is 29.8 Å². The van der Waals surface area contributed by atoms with Crippen LogP contribution >= 0.6 is 23.8 Å². The van der Waals surface area contributed by atoms with E-state index in [4.69, 9.17) is 16.3 Å². The minimum Gasteiger partial charge on any atom is -0.436 e. The third-order valence-electron chi connectivity index (χ3n) is 1.54. The van der Waals surface area contributed by atoms with Crippen molar-refractivity contribution in [3.8, 4) is 5.75 Å². The van der Waals surface area contributed by atoms with Crippen LogP contribution in [0.3, 0.4) is 0 Å². The Morgan fingerprint density at radius 1 is 1.50 bits per heavy atom. The van der Waals surface area contributed by atoms with Gasteiger partial charge in [-0.2, -0.15) is 0 Å². The number of thiocarbonyl (C=S) groups is 1. The van der Waals surface area contributed by atoms with Crippen LogP contribution < -0.4 is 4.74 Å². The Labute approximate surface area is 82.3 Å². The highest BCUT2D eigenvalue weighted by molar-refractivity contribution is 7.82. The molecule has 3 heteroatoms. The second-order valence-corrected chi connectivity index (χ2v) is 3.24. The SMILES string of the molecule is CCc1ccccc1OC(=S)Cl. The fourth-order valence-electron chi connectivity index (χ4n) is 0.982. The van der Waals surface area contributed by atoms with Crippen molar-refractivity contribution in [2.24, 2.45) is 0 Å². The van der Waals surface area contributed by atoms with Gasteiger partial charge in [0, 0.05) is 0 Å². The summed E-state index contributed by atoms with van der Waals surface area (Å²) in [5, 5.41) is 0. The molecular weight excluding hydrogens is 192 g/mol. The first-order valence-electron chi connectivity index (χ1n) is 3.69. The van der Waals surface area contributed by atoms with E-state index < -0.39 is 0 Å². The van der Waals surface area contributed by atoms with Crippen molar-refractivity contribution < 1.29 is 4.74 Å². The number of rotatable bonds is 2. The molecule has 0 aliphatic heterocycles. The van der Waals surface area contributed by atoms with E-state index in [0.29, 0.717) is 0 Å². The molecule has 0 aliphatic rings. The molecule has 0 saturated heterocycles. The number of ether oxygens (including phenoxy) is 1. The van der Waals surface area contributed by atoms with Crippen LogP contribution in [0.15, 0.2) is 24.3 Å². The van der Waals surface area contributed by atoms with Gasteiger partial charge in [-0.25, -0.2) is 0 Å². The van der Waals surface area contributed by atoms with Gasteiger partial charge in [0.2, 0.25) is 0 Å². The lowest BCUT2D eigenvalue weighted by molar-refractivity contribution is 0.569. The maximum Gasteiger partial charge on any atom is 0.260 e. The first-order valence-corrected chi connectivity index (χ1v) is 4.48. The van der Waals surface area contributed by atoms with Crippen LogP contribution in [0.1, 0.15) is 12.5 Å². The van der Waals surface area contributed by atoms with Gasteiger partial charge in [-0.3, -0.25) is 0 Å². The summed E-state index contributed by atoms with van der Waals surface area (Å²) in [7, 11) is 0. The Kier molecular flexibility index (Phi) is 3.50. The minimum absolute atomic E-state index is 0.0379. The molecule has 0 atom stereocenters. The van der Waals surface area contributed by atoms with Gasteiger partial charge in [-0.05, 0) is 41.9 Å². The number of benzene rings is 1. The van der Waals surface area contributed by atoms with Gasteiger partial charge in [-0.1, -0.05) is 25.1 Å². The zero-order valence-corrected chi connectivity index (χ0v) is 8.28. The lowest BCUT2D eigenvalue weighted by Gasteiger charge is -2.05. The van der Waals surface area contributed by atoms with E-state index in [0.717, 1.165) is 17.7 Å². The maximum atomic E-state index is 5.45. The van der Waals surface area contributed by atoms with E-state index in [-0.39, 0.29) is 4.51 Å². The summed E-state index contributed by atoms with van der Waals surface area (Å²) in [4.78, 5) is 0. The molecule has 12 heavy (non-hydrogen) atoms. The van der Waals surface area contributed by atoms with Crippen molar-refractivity contribution in [3.63, 3.8) is 0 Å². The Balaban J connectivity index is 2.89. The molecule has 0 saturated carbocycles. The first kappa shape index (κ1) is 9.49. The number of halogens is 1. The van der Waals surface area contributed by atoms with Crippen LogP contribution in [0.25, 0.3) is 0 Å². The summed E-state index contributed by atoms with van der Waals surface area (Å²) in [6, 6.07) is 7.70. The Morgan fingerprint density at radius 3 is 2.75 bits per heavy atom. The predicted octanol–water partition coefficient (Wildman–Crippen LogP) is 3.15. The third kappa shape index (κ3) is 2.47. The van der Waals surface area contributed by atoms with E-state index in [9.17, 15) is 0 Å². The Morgan fingerprint density at radius 2 is 2.17 bits per heavy atom. The van der Waals surface area contributed by atoms with E-state index in [1.54, 1.807) is 0 Å². The zero-order chi connectivity index (χ0) is 8.97. The second-order valence-electron chi connectivity index (χ2n) is 2.30. The van der Waals surface area contributed by atoms with Crippen LogP contribution in [0, 0.1) is 0 Å². The average Bonchev–Trinajstić information content (AvgIpc) is 2.04. The van der Waals surface area contributed by atoms with Gasteiger partial charge in [0.25, 0.3) is 4.51 Å². The fourth-order valence-corrected chi connectivity index (χ4v) is 1.15. The number of hydrogen-bond donors (Lipinski definition) is 0. The van der Waals surface area contributed by atoms with Gasteiger partial charge in [0.1, 0.15) is 5.75 Å². The summed E-state index contributed by atoms with van der Waals surface area (Å²) in [5.74, 6) is 0.750. The van der Waals surface area contributed by atoms with Crippen molar-refractivity contribution >= 4 is 28.3 Å². The molecule has 64 valence electrons. The van der Waals surface area contributed by atoms with Crippen molar-refractivity contribution in [2.75, 3.05) is 0 Å². The standard InChI is InChI=1S/C9H9ClOS/c1-2-7-5-3-4-6-8(7)11-9(10)12/h3-6H,2H2,1H3. The smallest absolute Gasteiger partial charge is 0.260 e. The van der Waals surface area contributed by atoms with E-state index >= 15 is 0 Å². The highest BCUT2D eigenvalue weighted by atomic mass is 35.5. The molecule has 0 N–H and O–H groups in total. The van der Waals surface area contributed by atoms with E-state index in [2.05, 4.69) is 19.1 Å². The van der Waals surface area contributed by atoms with Gasteiger partial charge in [-0.15, -0.1) is 0 Å². The molecule has 1 rings (SSSR count). The van der Waals surface area contributed by atoms with Gasteiger partial charge >= 0.3 is 0 Å². The minimum atomic E-state index is 0.0379. The summed E-state index contributed by atoms with van der Waals surface area (Å²) in [6.45, 7) is 2.06. The van der Waals surface area contributed by atoms with Gasteiger partial charge < -0.3 is 4.74 Å². The highest BCUT2D eigenvalue weighted by Crippen LogP contribution is 2.18. The molecular formula is C9H9ClOS. The molecule has 1 aromatic rings. The van der Waals surface area contributed by atoms with Crippen molar-refractivity contribution in [1.82, 2.24) is 0 Å². The predicted molar refractivity (Wildman–Crippen MR) is 54.9 cm³/mol. The van der Waals surface area contributed by atoms with E-state index in [1.807, 2.05) is 24.3 Å². The molecule has 0 aromatic heterocycles. The average molecular weight is 201 g/mol. The lowest BCUT2D eigenvalue weighted by atomic mass is 10.1. The van der Waals surface area contributed by atoms with Crippen molar-refractivity contribution in [1.29, 1.82) is 0 Å². The maximum absolute atomic E-state index is 5.45. The first-order chi connectivity index (χ1) is 5.74. The van der Waals surface area contributed by atoms with Crippen LogP contribution in [0.5, 0.6) is 5.75 Å². The van der Waals surface area contributed by atoms with Crippen LogP contribution in [0.2, 0.25) is 0 Å². The fraction of sp³-hybridized carbons (Fsp3) is 0.222. The van der Waals surface area contributed by atoms with E-state index in [1.165, 1.54) is 0 Å². The summed E-state index contributed by atoms with van der Waals surface area (Å²) >= 11 is 10.1. The van der Waals surface area contributed by atoms with Gasteiger partial charge in [0.15, 0.2) is 0 Å². The molecule has 0 unspecified atom stereocenters. The highest BCUT2D eigenvalue weighted by Gasteiger charge is 2.01. The number of aryl methyl sites for hydroxylation is 1. The molecule has 0 amide bonds. The quantitative estimate of drug-likeness (QED) is 0.536. The molecule has 0 spiro atoms. The summed E-state index contributed by atoms with van der Waals surface area (Å²) in [5.41, 5.74) is 1.11. The Bertz CT molecular complexity index is 286. The lowest BCUT2D eigenvalue weighted by Crippen LogP contribution is -1.98. The molecule has 0 heterocycles. The normalized spacial score (nSPS) is 9.50. The molecule has 1 nitrogen and oxygen atoms in total. The Hall–Kier alpha value is -0.600. The van der Waals surface area contributed by atoms with Crippen LogP contribution in [0.4, 0.5) is 0 Å². The third-order valence-corrected chi connectivity index (χ3v) is 1.70. The molecule has 0 fully saturated rings. The second kappa shape index (κ2) is 4.43. The summed E-state index contributed by atoms with van der Waals surface area (Å²) < 4.78 is 5.17. The molecule has 0 radical (unpaired) electrons. The summed E-state index contributed by atoms with van der Waals surface area (Å²) in [6.07, 6.45) is 0.912. The number of para-hydroxylation sites is 1. The zero-order valence-electron chi connectivity index (χ0n) is 6.71. The largest absolute Gasteiger partial charge is 0.436 e. The van der Waals surface area contributed by atoms with Crippen LogP contribution in [-0.2, 0) is 6.42 Å². The van der Waals surface area contributed by atoms with Gasteiger partial charge in [0.05, 0.1) is 0 Å².